The molecule has 0 amide bonds. The van der Waals surface area contributed by atoms with Crippen LogP contribution in [0.15, 0.2) is 51.9 Å². The number of pyridine rings is 1. The van der Waals surface area contributed by atoms with E-state index in [0.29, 0.717) is 43.3 Å². The van der Waals surface area contributed by atoms with E-state index in [0.717, 1.165) is 12.0 Å². The summed E-state index contributed by atoms with van der Waals surface area (Å²) < 4.78 is 27.5. The van der Waals surface area contributed by atoms with Crippen LogP contribution in [0.1, 0.15) is 12.5 Å². The highest BCUT2D eigenvalue weighted by molar-refractivity contribution is 5.86. The molecule has 8 heteroatoms. The van der Waals surface area contributed by atoms with Gasteiger partial charge >= 0.3 is 0 Å². The van der Waals surface area contributed by atoms with Crippen LogP contribution in [0.4, 0.5) is 10.1 Å². The maximum Gasteiger partial charge on any atom is 0.263 e. The highest BCUT2D eigenvalue weighted by Gasteiger charge is 2.21. The molecule has 0 radical (unpaired) electrons. The molecule has 1 aliphatic heterocycles. The summed E-state index contributed by atoms with van der Waals surface area (Å²) in [7, 11) is 1.81. The molecule has 32 heavy (non-hydrogen) atoms. The number of nitrogens with zero attached hydrogens (tertiary/aromatic N) is 4. The molecular formula is C24H23FN4O3. The van der Waals surface area contributed by atoms with Crippen LogP contribution in [0, 0.1) is 5.82 Å². The minimum atomic E-state index is -0.434. The van der Waals surface area contributed by atoms with Crippen molar-refractivity contribution < 1.29 is 13.7 Å². The van der Waals surface area contributed by atoms with Crippen LogP contribution in [-0.2, 0) is 18.2 Å². The monoisotopic (exact) mass is 434 g/mol. The molecule has 0 aliphatic carbocycles. The fourth-order valence-electron chi connectivity index (χ4n) is 4.03. The third-order valence-corrected chi connectivity index (χ3v) is 5.89. The van der Waals surface area contributed by atoms with Gasteiger partial charge in [0.15, 0.2) is 0 Å². The first-order valence-corrected chi connectivity index (χ1v) is 10.6. The molecule has 4 aromatic rings. The zero-order chi connectivity index (χ0) is 22.2. The first-order valence-electron chi connectivity index (χ1n) is 10.6. The molecule has 0 unspecified atom stereocenters. The summed E-state index contributed by atoms with van der Waals surface area (Å²) in [6.45, 7) is 4.41. The van der Waals surface area contributed by atoms with E-state index in [1.54, 1.807) is 16.8 Å². The summed E-state index contributed by atoms with van der Waals surface area (Å²) in [4.78, 5) is 19.6. The number of benzene rings is 2. The highest BCUT2D eigenvalue weighted by atomic mass is 19.1. The van der Waals surface area contributed by atoms with Gasteiger partial charge in [0, 0.05) is 37.3 Å². The van der Waals surface area contributed by atoms with Crippen LogP contribution in [-0.4, -0.2) is 41.0 Å². The third-order valence-electron chi connectivity index (χ3n) is 5.89. The third kappa shape index (κ3) is 3.56. The fourth-order valence-corrected chi connectivity index (χ4v) is 4.03. The van der Waals surface area contributed by atoms with Crippen molar-refractivity contribution in [2.24, 2.45) is 7.05 Å². The molecular weight excluding hydrogens is 411 g/mol. The Morgan fingerprint density at radius 2 is 1.88 bits per heavy atom. The van der Waals surface area contributed by atoms with Crippen molar-refractivity contribution in [2.75, 3.05) is 31.2 Å². The Hall–Kier alpha value is -3.52. The zero-order valence-electron chi connectivity index (χ0n) is 18.0. The Balaban J connectivity index is 1.56. The van der Waals surface area contributed by atoms with Crippen LogP contribution in [0.5, 0.6) is 0 Å². The molecule has 5 rings (SSSR count). The van der Waals surface area contributed by atoms with Crippen molar-refractivity contribution in [1.29, 1.82) is 0 Å². The molecule has 0 N–H and O–H groups in total. The van der Waals surface area contributed by atoms with Gasteiger partial charge in [-0.3, -0.25) is 4.79 Å². The largest absolute Gasteiger partial charge is 0.378 e. The first kappa shape index (κ1) is 20.4. The predicted octanol–water partition coefficient (Wildman–Crippen LogP) is 3.79. The lowest BCUT2D eigenvalue weighted by molar-refractivity contribution is 0.122. The van der Waals surface area contributed by atoms with E-state index >= 15 is 0 Å². The molecule has 7 nitrogen and oxygen atoms in total. The minimum absolute atomic E-state index is 0.111. The molecule has 1 aliphatic rings. The zero-order valence-corrected chi connectivity index (χ0v) is 18.0. The van der Waals surface area contributed by atoms with Gasteiger partial charge in [-0.05, 0) is 24.1 Å². The van der Waals surface area contributed by atoms with Crippen molar-refractivity contribution in [3.63, 3.8) is 0 Å². The van der Waals surface area contributed by atoms with Gasteiger partial charge in [0.1, 0.15) is 11.4 Å². The van der Waals surface area contributed by atoms with Gasteiger partial charge in [-0.25, -0.2) is 4.39 Å². The number of hydrogen-bond acceptors (Lipinski definition) is 6. The first-order chi connectivity index (χ1) is 15.5. The van der Waals surface area contributed by atoms with Crippen LogP contribution < -0.4 is 10.3 Å². The average Bonchev–Trinajstić information content (AvgIpc) is 3.32. The van der Waals surface area contributed by atoms with Gasteiger partial charge in [-0.2, -0.15) is 4.98 Å². The van der Waals surface area contributed by atoms with Crippen molar-refractivity contribution in [3.05, 3.63) is 64.2 Å². The molecule has 0 atom stereocenters. The van der Waals surface area contributed by atoms with Gasteiger partial charge in [0.05, 0.1) is 24.4 Å². The number of hydrogen-bond donors (Lipinski definition) is 0. The molecule has 0 bridgehead atoms. The highest BCUT2D eigenvalue weighted by Crippen LogP contribution is 2.28. The second kappa shape index (κ2) is 8.20. The van der Waals surface area contributed by atoms with E-state index in [-0.39, 0.29) is 22.3 Å². The maximum atomic E-state index is 15.0. The van der Waals surface area contributed by atoms with E-state index in [4.69, 9.17) is 9.26 Å². The van der Waals surface area contributed by atoms with Crippen LogP contribution >= 0.6 is 0 Å². The van der Waals surface area contributed by atoms with Crippen molar-refractivity contribution in [3.8, 4) is 22.8 Å². The lowest BCUT2D eigenvalue weighted by Crippen LogP contribution is -2.36. The number of halogens is 1. The minimum Gasteiger partial charge on any atom is -0.378 e. The van der Waals surface area contributed by atoms with Crippen molar-refractivity contribution >= 4 is 16.6 Å². The van der Waals surface area contributed by atoms with E-state index in [1.807, 2.05) is 36.2 Å². The summed E-state index contributed by atoms with van der Waals surface area (Å²) in [6, 6.07) is 10.9. The number of morpholine rings is 1. The number of rotatable bonds is 4. The molecule has 1 saturated heterocycles. The Labute approximate surface area is 184 Å². The van der Waals surface area contributed by atoms with Gasteiger partial charge in [0.25, 0.3) is 5.89 Å². The summed E-state index contributed by atoms with van der Waals surface area (Å²) >= 11 is 0. The van der Waals surface area contributed by atoms with E-state index in [9.17, 15) is 9.18 Å². The van der Waals surface area contributed by atoms with Gasteiger partial charge in [-0.15, -0.1) is 0 Å². The summed E-state index contributed by atoms with van der Waals surface area (Å²) in [5.74, 6) is 0.0780. The van der Waals surface area contributed by atoms with Gasteiger partial charge in [-0.1, -0.05) is 36.3 Å². The topological polar surface area (TPSA) is 73.4 Å². The molecule has 0 spiro atoms. The lowest BCUT2D eigenvalue weighted by atomic mass is 10.1. The summed E-state index contributed by atoms with van der Waals surface area (Å²) in [5.41, 5.74) is 3.01. The molecule has 2 aromatic carbocycles. The van der Waals surface area contributed by atoms with Crippen LogP contribution in [0.25, 0.3) is 33.7 Å². The quantitative estimate of drug-likeness (QED) is 0.487. The maximum absolute atomic E-state index is 15.0. The van der Waals surface area contributed by atoms with Crippen LogP contribution in [0.2, 0.25) is 0 Å². The molecule has 1 fully saturated rings. The van der Waals surface area contributed by atoms with Crippen molar-refractivity contribution in [1.82, 2.24) is 14.7 Å². The van der Waals surface area contributed by atoms with E-state index in [2.05, 4.69) is 17.1 Å². The van der Waals surface area contributed by atoms with E-state index < -0.39 is 5.82 Å². The lowest BCUT2D eigenvalue weighted by Gasteiger charge is -2.29. The molecule has 0 saturated carbocycles. The molecule has 2 aromatic heterocycles. The SMILES string of the molecule is CCc1ccc(-c2noc(-c3cn(C)c4cc(N5CCOCC5)c(F)cc4c3=O)n2)cc1. The average molecular weight is 434 g/mol. The smallest absolute Gasteiger partial charge is 0.263 e. The predicted molar refractivity (Wildman–Crippen MR) is 120 cm³/mol. The number of aromatic nitrogens is 3. The Bertz CT molecular complexity index is 1340. The van der Waals surface area contributed by atoms with Crippen LogP contribution in [0.3, 0.4) is 0 Å². The van der Waals surface area contributed by atoms with Crippen molar-refractivity contribution in [2.45, 2.75) is 13.3 Å². The van der Waals surface area contributed by atoms with Gasteiger partial charge in [0.2, 0.25) is 11.3 Å². The standard InChI is InChI=1S/C24H23FN4O3/c1-3-15-4-6-16(7-5-15)23-26-24(32-27-23)18-14-28(2)20-13-21(29-8-10-31-11-9-29)19(25)12-17(20)22(18)30/h4-7,12-14H,3,8-11H2,1-2H3. The number of ether oxygens (including phenoxy) is 1. The fraction of sp³-hybridized carbons (Fsp3) is 0.292. The normalized spacial score (nSPS) is 14.3. The summed E-state index contributed by atoms with van der Waals surface area (Å²) in [5, 5.41) is 4.31. The Morgan fingerprint density at radius 3 is 2.59 bits per heavy atom. The second-order valence-corrected chi connectivity index (χ2v) is 7.88. The van der Waals surface area contributed by atoms with Gasteiger partial charge < -0.3 is 18.7 Å². The second-order valence-electron chi connectivity index (χ2n) is 7.88. The molecule has 3 heterocycles. The Morgan fingerprint density at radius 1 is 1.12 bits per heavy atom. The number of aryl methyl sites for hydroxylation is 2. The molecule has 164 valence electrons. The Kier molecular flexibility index (Phi) is 5.22. The van der Waals surface area contributed by atoms with E-state index in [1.165, 1.54) is 11.6 Å². The number of fused-ring (bicyclic) bond motifs is 1. The number of anilines is 1. The summed E-state index contributed by atoms with van der Waals surface area (Å²) in [6.07, 6.45) is 2.60.